The third-order valence-electron chi connectivity index (χ3n) is 2.84. The predicted molar refractivity (Wildman–Crippen MR) is 46.1 cm³/mol. The summed E-state index contributed by atoms with van der Waals surface area (Å²) in [7, 11) is 0. The maximum atomic E-state index is 12.9. The molecule has 0 aliphatic rings. The monoisotopic (exact) mass is 433 g/mol. The molecular weight excluding hydrogens is 431 g/mol. The van der Waals surface area contributed by atoms with E-state index in [4.69, 9.17) is 0 Å². The summed E-state index contributed by atoms with van der Waals surface area (Å²) < 4.78 is 212. The van der Waals surface area contributed by atoms with Gasteiger partial charge in [-0.25, -0.2) is 4.39 Å². The summed E-state index contributed by atoms with van der Waals surface area (Å²) in [5.74, 6) is -55.6. The molecule has 157 valence electrons. The Morgan fingerprint density at radius 3 is 1.00 bits per heavy atom. The van der Waals surface area contributed by atoms with E-state index < -0.39 is 54.6 Å². The molecule has 0 fully saturated rings. The Morgan fingerprint density at radius 2 is 0.731 bits per heavy atom. The number of hydrogen-bond acceptors (Lipinski definition) is 0. The van der Waals surface area contributed by atoms with Crippen molar-refractivity contribution in [3.8, 4) is 0 Å². The second kappa shape index (κ2) is 6.17. The van der Waals surface area contributed by atoms with Crippen molar-refractivity contribution in [1.82, 2.24) is 0 Å². The zero-order valence-electron chi connectivity index (χ0n) is 11.1. The molecule has 26 heavy (non-hydrogen) atoms. The molecule has 0 rings (SSSR count). The maximum absolute atomic E-state index is 12.9. The van der Waals surface area contributed by atoms with Crippen LogP contribution < -0.4 is 0 Å². The highest BCUT2D eigenvalue weighted by Crippen LogP contribution is 2.63. The van der Waals surface area contributed by atoms with E-state index in [9.17, 15) is 74.6 Å². The molecule has 17 heteroatoms. The van der Waals surface area contributed by atoms with Crippen LogP contribution in [0.15, 0.2) is 0 Å². The third-order valence-corrected chi connectivity index (χ3v) is 2.84. The first-order valence-electron chi connectivity index (χ1n) is 5.39. The van der Waals surface area contributed by atoms with Crippen LogP contribution in [0.5, 0.6) is 0 Å². The Kier molecular flexibility index (Phi) is 5.89. The van der Waals surface area contributed by atoms with Crippen LogP contribution in [0, 0.1) is 6.43 Å². The van der Waals surface area contributed by atoms with E-state index in [0.717, 1.165) is 0 Å². The Labute approximate surface area is 130 Å². The van der Waals surface area contributed by atoms with Gasteiger partial charge in [0.2, 0.25) is 0 Å². The highest BCUT2D eigenvalue weighted by molar-refractivity contribution is 5.15. The zero-order chi connectivity index (χ0) is 21.8. The molecule has 0 saturated carbocycles. The van der Waals surface area contributed by atoms with Crippen LogP contribution in [-0.4, -0.2) is 48.1 Å². The van der Waals surface area contributed by atoms with Gasteiger partial charge in [0, 0.05) is 0 Å². The number of rotatable bonds is 8. The van der Waals surface area contributed by atoms with E-state index in [1.165, 1.54) is 0 Å². The molecule has 1 radical (unpaired) electrons. The van der Waals surface area contributed by atoms with Crippen LogP contribution in [0.4, 0.5) is 74.6 Å². The van der Waals surface area contributed by atoms with Gasteiger partial charge in [-0.3, -0.25) is 0 Å². The molecule has 0 heterocycles. The minimum atomic E-state index is -8.48. The average molecular weight is 433 g/mol. The second-order valence-electron chi connectivity index (χ2n) is 4.54. The smallest absolute Gasteiger partial charge is 0.244 e. The second-order valence-corrected chi connectivity index (χ2v) is 4.54. The molecule has 0 aliphatic carbocycles. The van der Waals surface area contributed by atoms with Crippen LogP contribution in [-0.2, 0) is 0 Å². The normalized spacial score (nSPS) is 16.4. The quantitative estimate of drug-likeness (QED) is 0.423. The van der Waals surface area contributed by atoms with Gasteiger partial charge in [-0.1, -0.05) is 0 Å². The molecular formula is C9H2F17. The van der Waals surface area contributed by atoms with Crippen molar-refractivity contribution in [2.45, 2.75) is 41.5 Å². The number of halogens is 17. The van der Waals surface area contributed by atoms with Gasteiger partial charge in [0.1, 0.15) is 0 Å². The molecule has 0 saturated heterocycles. The van der Waals surface area contributed by atoms with Crippen LogP contribution in [0.25, 0.3) is 0 Å². The summed E-state index contributed by atoms with van der Waals surface area (Å²) in [6, 6.07) is 0. The molecule has 0 nitrogen and oxygen atoms in total. The summed E-state index contributed by atoms with van der Waals surface area (Å²) >= 11 is 0. The lowest BCUT2D eigenvalue weighted by atomic mass is 9.89. The molecule has 0 spiro atoms. The van der Waals surface area contributed by atoms with Crippen molar-refractivity contribution < 1.29 is 74.6 Å². The topological polar surface area (TPSA) is 0 Å². The van der Waals surface area contributed by atoms with E-state index in [1.807, 2.05) is 0 Å². The van der Waals surface area contributed by atoms with E-state index in [0.29, 0.717) is 0 Å². The fourth-order valence-electron chi connectivity index (χ4n) is 1.22. The molecule has 0 aliphatic heterocycles. The summed E-state index contributed by atoms with van der Waals surface area (Å²) in [6.45, 7) is -3.89. The predicted octanol–water partition coefficient (Wildman–Crippen LogP) is 5.83. The van der Waals surface area contributed by atoms with E-state index in [-0.39, 0.29) is 0 Å². The number of alkyl halides is 15. The summed E-state index contributed by atoms with van der Waals surface area (Å²) in [5.41, 5.74) is 0. The molecule has 0 atom stereocenters. The third kappa shape index (κ3) is 2.84. The van der Waals surface area contributed by atoms with Crippen molar-refractivity contribution in [3.05, 3.63) is 6.43 Å². The van der Waals surface area contributed by atoms with Gasteiger partial charge < -0.3 is 0 Å². The van der Waals surface area contributed by atoms with Crippen molar-refractivity contribution in [2.24, 2.45) is 0 Å². The van der Waals surface area contributed by atoms with E-state index in [2.05, 4.69) is 0 Å². The standard InChI is InChI=1S/C9H2F17/c10-1-3(13,14)5(17,18)7(21,22)9(25,26)8(23,24)6(19,20)4(15,16)2(11)12/h1H2. The Hall–Kier alpha value is -1.19. The van der Waals surface area contributed by atoms with Crippen LogP contribution >= 0.6 is 0 Å². The van der Waals surface area contributed by atoms with Crippen LogP contribution in [0.2, 0.25) is 0 Å². The Morgan fingerprint density at radius 1 is 0.462 bits per heavy atom. The van der Waals surface area contributed by atoms with Gasteiger partial charge in [-0.15, -0.1) is 0 Å². The molecule has 0 amide bonds. The highest BCUT2D eigenvalue weighted by Gasteiger charge is 2.93. The van der Waals surface area contributed by atoms with Gasteiger partial charge >= 0.3 is 47.9 Å². The molecule has 0 N–H and O–H groups in total. The van der Waals surface area contributed by atoms with Crippen molar-refractivity contribution >= 4 is 0 Å². The summed E-state index contributed by atoms with van der Waals surface area (Å²) in [6.07, 6.45) is -5.01. The maximum Gasteiger partial charge on any atom is 0.385 e. The van der Waals surface area contributed by atoms with E-state index >= 15 is 0 Å². The lowest BCUT2D eigenvalue weighted by Crippen LogP contribution is -2.73. The van der Waals surface area contributed by atoms with Gasteiger partial charge in [-0.05, 0) is 0 Å². The lowest BCUT2D eigenvalue weighted by molar-refractivity contribution is -0.442. The Bertz CT molecular complexity index is 502. The molecule has 0 aromatic carbocycles. The van der Waals surface area contributed by atoms with Gasteiger partial charge in [0.25, 0.3) is 0 Å². The highest BCUT2D eigenvalue weighted by atomic mass is 19.4. The summed E-state index contributed by atoms with van der Waals surface area (Å²) in [5, 5.41) is 0. The SMILES string of the molecule is FCC(F)(F)C(F)(F)C(F)(F)C(F)(F)C(F)(F)C(F)(F)C(F)(F)[C](F)F. The fraction of sp³-hybridized carbons (Fsp3) is 0.889. The van der Waals surface area contributed by atoms with Crippen LogP contribution in [0.3, 0.4) is 0 Å². The Balaban J connectivity index is 6.54. The molecule has 0 bridgehead atoms. The van der Waals surface area contributed by atoms with Gasteiger partial charge in [0.05, 0.1) is 0 Å². The first kappa shape index (κ1) is 24.8. The largest absolute Gasteiger partial charge is 0.385 e. The zero-order valence-corrected chi connectivity index (χ0v) is 11.1. The summed E-state index contributed by atoms with van der Waals surface area (Å²) in [4.78, 5) is 0. The van der Waals surface area contributed by atoms with Crippen molar-refractivity contribution in [3.63, 3.8) is 0 Å². The first-order chi connectivity index (χ1) is 11.0. The first-order valence-corrected chi connectivity index (χ1v) is 5.39. The van der Waals surface area contributed by atoms with Crippen molar-refractivity contribution in [1.29, 1.82) is 0 Å². The minimum Gasteiger partial charge on any atom is -0.244 e. The minimum absolute atomic E-state index is 3.89. The van der Waals surface area contributed by atoms with Crippen molar-refractivity contribution in [2.75, 3.05) is 6.67 Å². The molecule has 0 unspecified atom stereocenters. The number of hydrogen-bond donors (Lipinski definition) is 0. The van der Waals surface area contributed by atoms with Gasteiger partial charge in [-0.2, -0.15) is 70.2 Å². The molecule has 0 aromatic heterocycles. The van der Waals surface area contributed by atoms with E-state index in [1.54, 1.807) is 0 Å². The van der Waals surface area contributed by atoms with Gasteiger partial charge in [0.15, 0.2) is 6.67 Å². The molecule has 0 aromatic rings. The lowest BCUT2D eigenvalue weighted by Gasteiger charge is -2.41. The fourth-order valence-corrected chi connectivity index (χ4v) is 1.22. The van der Waals surface area contributed by atoms with Crippen LogP contribution in [0.1, 0.15) is 0 Å². The average Bonchev–Trinajstić information content (AvgIpc) is 2.45.